The van der Waals surface area contributed by atoms with E-state index in [9.17, 15) is 13.2 Å². The minimum absolute atomic E-state index is 0. The third-order valence-electron chi connectivity index (χ3n) is 2.49. The SMILES string of the molecule is FC(F)(F)c1cccc(C2C=CNC=C2)c1Cl.[Ca]. The Morgan fingerprint density at radius 2 is 1.72 bits per heavy atom. The van der Waals surface area contributed by atoms with Crippen molar-refractivity contribution >= 4 is 49.3 Å². The van der Waals surface area contributed by atoms with Crippen LogP contribution in [0.25, 0.3) is 0 Å². The molecule has 2 rings (SSSR count). The van der Waals surface area contributed by atoms with Crippen molar-refractivity contribution in [3.8, 4) is 0 Å². The molecule has 1 aliphatic heterocycles. The number of dihydropyridines is 1. The molecule has 1 aliphatic rings. The van der Waals surface area contributed by atoms with Crippen LogP contribution in [-0.4, -0.2) is 37.7 Å². The van der Waals surface area contributed by atoms with Gasteiger partial charge in [0, 0.05) is 43.7 Å². The summed E-state index contributed by atoms with van der Waals surface area (Å²) in [5.41, 5.74) is -0.340. The zero-order valence-corrected chi connectivity index (χ0v) is 12.3. The van der Waals surface area contributed by atoms with Crippen LogP contribution in [0.3, 0.4) is 0 Å². The molecule has 18 heavy (non-hydrogen) atoms. The number of alkyl halides is 3. The van der Waals surface area contributed by atoms with Crippen LogP contribution in [0, 0.1) is 0 Å². The molecular weight excluding hydrogens is 291 g/mol. The second kappa shape index (κ2) is 6.33. The smallest absolute Gasteiger partial charge is 0.368 e. The Morgan fingerprint density at radius 1 is 1.11 bits per heavy atom. The molecule has 6 heteroatoms. The van der Waals surface area contributed by atoms with Crippen molar-refractivity contribution in [3.05, 3.63) is 58.9 Å². The molecule has 0 amide bonds. The molecule has 1 N–H and O–H groups in total. The average molecular weight is 300 g/mol. The summed E-state index contributed by atoms with van der Waals surface area (Å²) in [6, 6.07) is 3.95. The Morgan fingerprint density at radius 3 is 2.28 bits per heavy atom. The third kappa shape index (κ3) is 3.44. The molecule has 0 bridgehead atoms. The van der Waals surface area contributed by atoms with Crippen LogP contribution >= 0.6 is 11.6 Å². The van der Waals surface area contributed by atoms with E-state index in [2.05, 4.69) is 5.32 Å². The summed E-state index contributed by atoms with van der Waals surface area (Å²) in [4.78, 5) is 0. The first-order valence-electron chi connectivity index (χ1n) is 4.95. The molecule has 2 radical (unpaired) electrons. The summed E-state index contributed by atoms with van der Waals surface area (Å²) in [5.74, 6) is -0.231. The first-order valence-corrected chi connectivity index (χ1v) is 5.33. The van der Waals surface area contributed by atoms with Crippen LogP contribution in [0.5, 0.6) is 0 Å². The zero-order valence-electron chi connectivity index (χ0n) is 9.34. The van der Waals surface area contributed by atoms with Crippen molar-refractivity contribution in [3.63, 3.8) is 0 Å². The van der Waals surface area contributed by atoms with Crippen molar-refractivity contribution in [2.75, 3.05) is 0 Å². The second-order valence-corrected chi connectivity index (χ2v) is 4.00. The van der Waals surface area contributed by atoms with E-state index in [4.69, 9.17) is 11.6 Å². The standard InChI is InChI=1S/C12H9ClF3N.Ca/c13-11-9(8-4-6-17-7-5-8)2-1-3-10(11)12(14,15)16;/h1-8,17H;. The van der Waals surface area contributed by atoms with Gasteiger partial charge < -0.3 is 5.32 Å². The largest absolute Gasteiger partial charge is 0.417 e. The third-order valence-corrected chi connectivity index (χ3v) is 2.91. The number of hydrogen-bond donors (Lipinski definition) is 1. The Bertz CT molecular complexity index is 471. The fourth-order valence-electron chi connectivity index (χ4n) is 1.67. The van der Waals surface area contributed by atoms with Crippen LogP contribution in [0.15, 0.2) is 42.8 Å². The first kappa shape index (κ1) is 15.9. The minimum atomic E-state index is -4.42. The Kier molecular flexibility index (Phi) is 5.59. The van der Waals surface area contributed by atoms with E-state index >= 15 is 0 Å². The molecule has 0 aromatic heterocycles. The van der Waals surface area contributed by atoms with Crippen LogP contribution in [0.1, 0.15) is 17.0 Å². The van der Waals surface area contributed by atoms with Crippen LogP contribution in [0.2, 0.25) is 5.02 Å². The normalized spacial score (nSPS) is 15.1. The van der Waals surface area contributed by atoms with E-state index in [-0.39, 0.29) is 48.7 Å². The predicted molar refractivity (Wildman–Crippen MR) is 66.4 cm³/mol. The molecule has 0 aliphatic carbocycles. The van der Waals surface area contributed by atoms with Gasteiger partial charge in [-0.1, -0.05) is 35.9 Å². The van der Waals surface area contributed by atoms with E-state index in [0.29, 0.717) is 5.56 Å². The van der Waals surface area contributed by atoms with Gasteiger partial charge in [-0.05, 0) is 24.0 Å². The van der Waals surface area contributed by atoms with Crippen LogP contribution < -0.4 is 5.32 Å². The fraction of sp³-hybridized carbons (Fsp3) is 0.167. The first-order chi connectivity index (χ1) is 8.00. The molecule has 0 unspecified atom stereocenters. The van der Waals surface area contributed by atoms with E-state index in [1.807, 2.05) is 0 Å². The molecular formula is C12H9CaClF3N. The number of hydrogen-bond acceptors (Lipinski definition) is 1. The summed E-state index contributed by atoms with van der Waals surface area (Å²) in [6.07, 6.45) is 2.42. The van der Waals surface area contributed by atoms with Gasteiger partial charge in [0.15, 0.2) is 0 Å². The van der Waals surface area contributed by atoms with Crippen molar-refractivity contribution < 1.29 is 13.2 Å². The number of benzene rings is 1. The molecule has 1 aromatic carbocycles. The van der Waals surface area contributed by atoms with Crippen LogP contribution in [0.4, 0.5) is 13.2 Å². The van der Waals surface area contributed by atoms with E-state index in [0.717, 1.165) is 6.07 Å². The average Bonchev–Trinajstić information content (AvgIpc) is 2.29. The summed E-state index contributed by atoms with van der Waals surface area (Å²) in [6.45, 7) is 0. The van der Waals surface area contributed by atoms with Crippen molar-refractivity contribution in [2.24, 2.45) is 0 Å². The maximum atomic E-state index is 12.7. The summed E-state index contributed by atoms with van der Waals surface area (Å²) in [5, 5.41) is 2.59. The number of nitrogens with one attached hydrogen (secondary N) is 1. The molecule has 0 atom stereocenters. The Balaban J connectivity index is 0.00000162. The van der Waals surface area contributed by atoms with Gasteiger partial charge >= 0.3 is 6.18 Å². The summed E-state index contributed by atoms with van der Waals surface area (Å²) < 4.78 is 38.0. The zero-order chi connectivity index (χ0) is 12.5. The quantitative estimate of drug-likeness (QED) is 0.780. The molecule has 0 fully saturated rings. The van der Waals surface area contributed by atoms with Gasteiger partial charge in [-0.3, -0.25) is 0 Å². The number of allylic oxidation sites excluding steroid dienone is 2. The van der Waals surface area contributed by atoms with Gasteiger partial charge in [-0.25, -0.2) is 0 Å². The predicted octanol–water partition coefficient (Wildman–Crippen LogP) is 3.69. The maximum absolute atomic E-state index is 12.7. The Hall–Kier alpha value is -0.160. The maximum Gasteiger partial charge on any atom is 0.417 e. The molecule has 1 aromatic rings. The van der Waals surface area contributed by atoms with Gasteiger partial charge in [-0.2, -0.15) is 13.2 Å². The molecule has 0 spiro atoms. The second-order valence-electron chi connectivity index (χ2n) is 3.62. The van der Waals surface area contributed by atoms with Gasteiger partial charge in [-0.15, -0.1) is 0 Å². The van der Waals surface area contributed by atoms with Gasteiger partial charge in [0.2, 0.25) is 0 Å². The molecule has 0 saturated carbocycles. The number of rotatable bonds is 1. The number of halogens is 4. The Labute approximate surface area is 138 Å². The monoisotopic (exact) mass is 299 g/mol. The van der Waals surface area contributed by atoms with Gasteiger partial charge in [0.1, 0.15) is 0 Å². The van der Waals surface area contributed by atoms with E-state index < -0.39 is 11.7 Å². The van der Waals surface area contributed by atoms with Crippen molar-refractivity contribution in [1.29, 1.82) is 0 Å². The molecule has 0 saturated heterocycles. The fourth-order valence-corrected chi connectivity index (χ4v) is 2.03. The topological polar surface area (TPSA) is 12.0 Å². The molecule has 1 nitrogen and oxygen atoms in total. The van der Waals surface area contributed by atoms with Crippen molar-refractivity contribution in [1.82, 2.24) is 5.32 Å². The van der Waals surface area contributed by atoms with Crippen molar-refractivity contribution in [2.45, 2.75) is 12.1 Å². The van der Waals surface area contributed by atoms with E-state index in [1.54, 1.807) is 30.6 Å². The minimum Gasteiger partial charge on any atom is -0.368 e. The van der Waals surface area contributed by atoms with Crippen LogP contribution in [-0.2, 0) is 6.18 Å². The summed E-state index contributed by atoms with van der Waals surface area (Å²) >= 11 is 5.82. The van der Waals surface area contributed by atoms with E-state index in [1.165, 1.54) is 6.07 Å². The van der Waals surface area contributed by atoms with Gasteiger partial charge in [0.05, 0.1) is 10.6 Å². The molecule has 92 valence electrons. The van der Waals surface area contributed by atoms with Gasteiger partial charge in [0.25, 0.3) is 0 Å². The molecule has 1 heterocycles. The summed E-state index contributed by atoms with van der Waals surface area (Å²) in [7, 11) is 0.